The van der Waals surface area contributed by atoms with Crippen molar-refractivity contribution in [2.75, 3.05) is 5.32 Å². The highest BCUT2D eigenvalue weighted by Crippen LogP contribution is 2.21. The molecule has 2 aromatic carbocycles. The molecule has 0 aliphatic heterocycles. The minimum Gasteiger partial charge on any atom is -0.481 e. The van der Waals surface area contributed by atoms with Gasteiger partial charge in [0.25, 0.3) is 17.7 Å². The van der Waals surface area contributed by atoms with E-state index in [1.54, 1.807) is 31.2 Å². The van der Waals surface area contributed by atoms with Crippen molar-refractivity contribution in [3.63, 3.8) is 0 Å². The molecule has 6 nitrogen and oxygen atoms in total. The van der Waals surface area contributed by atoms with Gasteiger partial charge < -0.3 is 9.26 Å². The number of nitrogens with one attached hydrogen (secondary N) is 1. The molecule has 0 fully saturated rings. The second-order valence-corrected chi connectivity index (χ2v) is 5.82. The lowest BCUT2D eigenvalue weighted by Gasteiger charge is -2.15. The molecular formula is C18H15ClFN3O3. The maximum absolute atomic E-state index is 12.9. The van der Waals surface area contributed by atoms with Crippen LogP contribution in [0.3, 0.4) is 0 Å². The zero-order chi connectivity index (χ0) is 18.5. The first kappa shape index (κ1) is 17.9. The van der Waals surface area contributed by atoms with Gasteiger partial charge >= 0.3 is 0 Å². The molecule has 26 heavy (non-hydrogen) atoms. The van der Waals surface area contributed by atoms with Gasteiger partial charge in [0.2, 0.25) is 0 Å². The van der Waals surface area contributed by atoms with Crippen LogP contribution in [0.5, 0.6) is 5.75 Å². The summed E-state index contributed by atoms with van der Waals surface area (Å²) >= 11 is 5.84. The number of anilines is 1. The Kier molecular flexibility index (Phi) is 5.48. The molecule has 3 rings (SSSR count). The van der Waals surface area contributed by atoms with E-state index < -0.39 is 12.0 Å². The van der Waals surface area contributed by atoms with E-state index in [1.807, 2.05) is 0 Å². The van der Waals surface area contributed by atoms with Crippen molar-refractivity contribution in [3.05, 3.63) is 59.4 Å². The van der Waals surface area contributed by atoms with Gasteiger partial charge in [0.05, 0.1) is 0 Å². The third-order valence-corrected chi connectivity index (χ3v) is 3.76. The summed E-state index contributed by atoms with van der Waals surface area (Å²) in [6, 6.07) is 12.3. The van der Waals surface area contributed by atoms with E-state index in [0.29, 0.717) is 22.8 Å². The Bertz CT molecular complexity index is 881. The fourth-order valence-electron chi connectivity index (χ4n) is 2.17. The van der Waals surface area contributed by atoms with Crippen molar-refractivity contribution < 1.29 is 18.4 Å². The number of carbonyl (C=O) groups excluding carboxylic acids is 1. The van der Waals surface area contributed by atoms with Crippen LogP contribution < -0.4 is 10.1 Å². The van der Waals surface area contributed by atoms with Gasteiger partial charge in [-0.1, -0.05) is 18.5 Å². The summed E-state index contributed by atoms with van der Waals surface area (Å²) < 4.78 is 23.7. The minimum absolute atomic E-state index is 0.0288. The van der Waals surface area contributed by atoms with Crippen molar-refractivity contribution in [2.45, 2.75) is 19.4 Å². The smallest absolute Gasteiger partial charge is 0.270 e. The maximum atomic E-state index is 12.9. The van der Waals surface area contributed by atoms with Crippen molar-refractivity contribution in [2.24, 2.45) is 0 Å². The molecule has 1 N–H and O–H groups in total. The maximum Gasteiger partial charge on any atom is 0.270 e. The normalized spacial score (nSPS) is 11.8. The van der Waals surface area contributed by atoms with Crippen LogP contribution in [0, 0.1) is 5.82 Å². The third-order valence-electron chi connectivity index (χ3n) is 3.51. The third kappa shape index (κ3) is 4.37. The second-order valence-electron chi connectivity index (χ2n) is 5.39. The molecule has 1 amide bonds. The fraction of sp³-hybridized carbons (Fsp3) is 0.167. The molecule has 0 bridgehead atoms. The average molecular weight is 376 g/mol. The van der Waals surface area contributed by atoms with E-state index in [1.165, 1.54) is 24.3 Å². The van der Waals surface area contributed by atoms with Crippen LogP contribution in [0.15, 0.2) is 53.1 Å². The van der Waals surface area contributed by atoms with Gasteiger partial charge in [0.1, 0.15) is 11.6 Å². The van der Waals surface area contributed by atoms with E-state index in [2.05, 4.69) is 15.5 Å². The van der Waals surface area contributed by atoms with Gasteiger partial charge in [-0.25, -0.2) is 4.39 Å². The molecule has 0 aliphatic rings. The fourth-order valence-corrected chi connectivity index (χ4v) is 2.30. The highest BCUT2D eigenvalue weighted by Gasteiger charge is 2.21. The number of nitrogens with zero attached hydrogens (tertiary/aromatic N) is 2. The summed E-state index contributed by atoms with van der Waals surface area (Å²) in [7, 11) is 0. The lowest BCUT2D eigenvalue weighted by molar-refractivity contribution is -0.122. The first-order valence-electron chi connectivity index (χ1n) is 7.88. The average Bonchev–Trinajstić information content (AvgIpc) is 3.10. The Morgan fingerprint density at radius 1 is 1.23 bits per heavy atom. The van der Waals surface area contributed by atoms with Crippen molar-refractivity contribution >= 4 is 23.5 Å². The zero-order valence-electron chi connectivity index (χ0n) is 13.8. The molecule has 8 heteroatoms. The number of ether oxygens (including phenoxy) is 1. The summed E-state index contributed by atoms with van der Waals surface area (Å²) in [5.41, 5.74) is 0.678. The lowest BCUT2D eigenvalue weighted by Crippen LogP contribution is -2.32. The molecule has 1 heterocycles. The summed E-state index contributed by atoms with van der Waals surface area (Å²) in [4.78, 5) is 16.5. The highest BCUT2D eigenvalue weighted by molar-refractivity contribution is 6.30. The molecule has 0 unspecified atom stereocenters. The molecule has 0 saturated carbocycles. The summed E-state index contributed by atoms with van der Waals surface area (Å²) in [5.74, 6) is -0.134. The predicted molar refractivity (Wildman–Crippen MR) is 94.5 cm³/mol. The molecule has 0 spiro atoms. The summed E-state index contributed by atoms with van der Waals surface area (Å²) in [5, 5.41) is 6.87. The number of carbonyl (C=O) groups is 1. The quantitative estimate of drug-likeness (QED) is 0.694. The van der Waals surface area contributed by atoms with Crippen molar-refractivity contribution in [1.82, 2.24) is 10.1 Å². The van der Waals surface area contributed by atoms with Crippen LogP contribution in [-0.2, 0) is 4.79 Å². The van der Waals surface area contributed by atoms with Crippen LogP contribution in [0.2, 0.25) is 5.02 Å². The Hall–Kier alpha value is -2.93. The first-order chi connectivity index (χ1) is 12.5. The SMILES string of the molecule is CC[C@@H](Oc1ccc(F)cc1)C(=O)Nc1noc(-c2ccc(Cl)cc2)n1. The molecule has 0 radical (unpaired) electrons. The lowest BCUT2D eigenvalue weighted by atomic mass is 10.2. The van der Waals surface area contributed by atoms with Gasteiger partial charge in [0, 0.05) is 10.6 Å². The van der Waals surface area contributed by atoms with Crippen molar-refractivity contribution in [1.29, 1.82) is 0 Å². The molecular weight excluding hydrogens is 361 g/mol. The molecule has 134 valence electrons. The number of halogens is 2. The second kappa shape index (κ2) is 7.97. The molecule has 1 aromatic heterocycles. The number of rotatable bonds is 6. The Balaban J connectivity index is 1.66. The van der Waals surface area contributed by atoms with E-state index in [4.69, 9.17) is 20.9 Å². The predicted octanol–water partition coefficient (Wildman–Crippen LogP) is 4.33. The van der Waals surface area contributed by atoms with Crippen LogP contribution in [0.25, 0.3) is 11.5 Å². The Morgan fingerprint density at radius 2 is 1.92 bits per heavy atom. The van der Waals surface area contributed by atoms with Crippen LogP contribution >= 0.6 is 11.6 Å². The van der Waals surface area contributed by atoms with Gasteiger partial charge in [0.15, 0.2) is 6.10 Å². The number of hydrogen-bond donors (Lipinski definition) is 1. The van der Waals surface area contributed by atoms with E-state index in [0.717, 1.165) is 0 Å². The van der Waals surface area contributed by atoms with E-state index in [9.17, 15) is 9.18 Å². The molecule has 0 aliphatic carbocycles. The summed E-state index contributed by atoms with van der Waals surface area (Å²) in [6.45, 7) is 1.79. The van der Waals surface area contributed by atoms with E-state index >= 15 is 0 Å². The van der Waals surface area contributed by atoms with E-state index in [-0.39, 0.29) is 17.7 Å². The number of amides is 1. The Morgan fingerprint density at radius 3 is 2.58 bits per heavy atom. The largest absolute Gasteiger partial charge is 0.481 e. The van der Waals surface area contributed by atoms with Gasteiger partial charge in [-0.2, -0.15) is 4.98 Å². The number of aromatic nitrogens is 2. The molecule has 1 atom stereocenters. The van der Waals surface area contributed by atoms with Gasteiger partial charge in [-0.3, -0.25) is 10.1 Å². The van der Waals surface area contributed by atoms with Gasteiger partial charge in [-0.05, 0) is 60.1 Å². The minimum atomic E-state index is -0.780. The number of benzene rings is 2. The topological polar surface area (TPSA) is 77.2 Å². The van der Waals surface area contributed by atoms with Crippen LogP contribution in [0.1, 0.15) is 13.3 Å². The highest BCUT2D eigenvalue weighted by atomic mass is 35.5. The summed E-state index contributed by atoms with van der Waals surface area (Å²) in [6.07, 6.45) is -0.372. The van der Waals surface area contributed by atoms with Gasteiger partial charge in [-0.15, -0.1) is 0 Å². The zero-order valence-corrected chi connectivity index (χ0v) is 14.5. The number of hydrogen-bond acceptors (Lipinski definition) is 5. The Labute approximate surface area is 153 Å². The molecule has 0 saturated heterocycles. The van der Waals surface area contributed by atoms with Crippen molar-refractivity contribution in [3.8, 4) is 17.2 Å². The van der Waals surface area contributed by atoms with Crippen LogP contribution in [-0.4, -0.2) is 22.2 Å². The van der Waals surface area contributed by atoms with Crippen LogP contribution in [0.4, 0.5) is 10.3 Å². The first-order valence-corrected chi connectivity index (χ1v) is 8.25. The standard InChI is InChI=1S/C18H15ClFN3O3/c1-2-15(25-14-9-7-13(20)8-10-14)16(24)21-18-22-17(26-23-18)11-3-5-12(19)6-4-11/h3-10,15H,2H2,1H3,(H,21,23,24)/t15-/m1/s1. The molecule has 3 aromatic rings. The monoisotopic (exact) mass is 375 g/mol.